The summed E-state index contributed by atoms with van der Waals surface area (Å²) in [4.78, 5) is 17.1. The van der Waals surface area contributed by atoms with Gasteiger partial charge in [0, 0.05) is 24.1 Å². The Labute approximate surface area is 168 Å². The molecule has 0 N–H and O–H groups in total. The summed E-state index contributed by atoms with van der Waals surface area (Å²) in [5, 5.41) is 0. The molecule has 1 aliphatic heterocycles. The molecule has 0 atom stereocenters. The Balaban J connectivity index is 1.56. The first-order valence-electron chi connectivity index (χ1n) is 9.55. The maximum Gasteiger partial charge on any atom is 0.166 e. The van der Waals surface area contributed by atoms with Crippen LogP contribution in [0.2, 0.25) is 0 Å². The van der Waals surface area contributed by atoms with Gasteiger partial charge in [-0.2, -0.15) is 0 Å². The van der Waals surface area contributed by atoms with Crippen LogP contribution in [0.15, 0.2) is 60.7 Å². The summed E-state index contributed by atoms with van der Waals surface area (Å²) in [6, 6.07) is 20.0. The van der Waals surface area contributed by atoms with Crippen molar-refractivity contribution in [2.24, 2.45) is 0 Å². The van der Waals surface area contributed by atoms with E-state index in [0.29, 0.717) is 24.5 Å². The first-order valence-corrected chi connectivity index (χ1v) is 9.55. The number of imidazole rings is 1. The van der Waals surface area contributed by atoms with Crippen LogP contribution in [0.3, 0.4) is 0 Å². The van der Waals surface area contributed by atoms with E-state index in [9.17, 15) is 4.79 Å². The van der Waals surface area contributed by atoms with Gasteiger partial charge in [-0.15, -0.1) is 0 Å². The second-order valence-electron chi connectivity index (χ2n) is 7.08. The lowest BCUT2D eigenvalue weighted by Crippen LogP contribution is -2.14. The number of para-hydroxylation sites is 1. The van der Waals surface area contributed by atoms with Crippen LogP contribution in [0.1, 0.15) is 16.8 Å². The number of methoxy groups -OCH3 is 2. The molecule has 144 valence electrons. The zero-order chi connectivity index (χ0) is 20.0. The lowest BCUT2D eigenvalue weighted by Gasteiger charge is -2.16. The van der Waals surface area contributed by atoms with Gasteiger partial charge in [0.05, 0.1) is 25.3 Å². The Morgan fingerprint density at radius 2 is 1.59 bits per heavy atom. The van der Waals surface area contributed by atoms with E-state index in [1.165, 1.54) is 0 Å². The number of hydrogen-bond acceptors (Lipinski definition) is 4. The molecule has 0 unspecified atom stereocenters. The normalized spacial score (nSPS) is 13.0. The van der Waals surface area contributed by atoms with E-state index in [2.05, 4.69) is 28.8 Å². The Morgan fingerprint density at radius 1 is 0.862 bits per heavy atom. The number of carbonyl (C=O) groups excluding carboxylic acids is 1. The van der Waals surface area contributed by atoms with Crippen molar-refractivity contribution in [1.29, 1.82) is 0 Å². The number of aromatic nitrogens is 2. The Kier molecular flexibility index (Phi) is 4.09. The largest absolute Gasteiger partial charge is 0.493 e. The van der Waals surface area contributed by atoms with Gasteiger partial charge in [0.15, 0.2) is 17.3 Å². The molecule has 29 heavy (non-hydrogen) atoms. The van der Waals surface area contributed by atoms with E-state index in [1.807, 2.05) is 36.4 Å². The highest BCUT2D eigenvalue weighted by Gasteiger charge is 2.23. The number of aryl methyl sites for hydroxylation is 1. The summed E-state index contributed by atoms with van der Waals surface area (Å²) >= 11 is 0. The molecular weight excluding hydrogens is 364 g/mol. The Morgan fingerprint density at radius 3 is 2.34 bits per heavy atom. The summed E-state index contributed by atoms with van der Waals surface area (Å²) in [5.41, 5.74) is 5.76. The summed E-state index contributed by atoms with van der Waals surface area (Å²) in [6.07, 6.45) is 0.513. The van der Waals surface area contributed by atoms with Gasteiger partial charge in [-0.1, -0.05) is 36.4 Å². The molecule has 0 bridgehead atoms. The smallest absolute Gasteiger partial charge is 0.166 e. The van der Waals surface area contributed by atoms with Crippen molar-refractivity contribution in [3.05, 3.63) is 66.2 Å². The average Bonchev–Trinajstić information content (AvgIpc) is 3.15. The van der Waals surface area contributed by atoms with Gasteiger partial charge in [-0.05, 0) is 35.4 Å². The fourth-order valence-corrected chi connectivity index (χ4v) is 4.02. The summed E-state index contributed by atoms with van der Waals surface area (Å²) in [7, 11) is 3.27. The van der Waals surface area contributed by atoms with E-state index in [0.717, 1.165) is 39.1 Å². The van der Waals surface area contributed by atoms with Crippen LogP contribution in [0, 0.1) is 0 Å². The molecule has 2 heterocycles. The van der Waals surface area contributed by atoms with Crippen molar-refractivity contribution in [3.8, 4) is 34.0 Å². The lowest BCUT2D eigenvalue weighted by molar-refractivity contribution is 0.0973. The maximum atomic E-state index is 12.3. The highest BCUT2D eigenvalue weighted by atomic mass is 16.5. The molecule has 0 spiro atoms. The van der Waals surface area contributed by atoms with Crippen LogP contribution in [-0.2, 0) is 6.54 Å². The van der Waals surface area contributed by atoms with Crippen molar-refractivity contribution >= 4 is 16.8 Å². The number of hydrogen-bond donors (Lipinski definition) is 0. The summed E-state index contributed by atoms with van der Waals surface area (Å²) in [5.74, 6) is 2.51. The number of benzene rings is 3. The molecule has 0 radical (unpaired) electrons. The first kappa shape index (κ1) is 17.5. The van der Waals surface area contributed by atoms with Crippen LogP contribution in [0.25, 0.3) is 33.5 Å². The van der Waals surface area contributed by atoms with Crippen molar-refractivity contribution in [1.82, 2.24) is 9.55 Å². The van der Waals surface area contributed by atoms with Crippen LogP contribution in [-0.4, -0.2) is 29.6 Å². The van der Waals surface area contributed by atoms with Gasteiger partial charge < -0.3 is 14.0 Å². The van der Waals surface area contributed by atoms with E-state index < -0.39 is 0 Å². The van der Waals surface area contributed by atoms with Crippen molar-refractivity contribution < 1.29 is 14.3 Å². The van der Waals surface area contributed by atoms with E-state index >= 15 is 0 Å². The predicted molar refractivity (Wildman–Crippen MR) is 113 cm³/mol. The van der Waals surface area contributed by atoms with Crippen LogP contribution < -0.4 is 9.47 Å². The highest BCUT2D eigenvalue weighted by Crippen LogP contribution is 2.34. The third-order valence-electron chi connectivity index (χ3n) is 5.49. The number of nitrogens with zero attached hydrogens (tertiary/aromatic N) is 2. The molecule has 3 aromatic carbocycles. The fourth-order valence-electron chi connectivity index (χ4n) is 4.02. The van der Waals surface area contributed by atoms with Crippen LogP contribution >= 0.6 is 0 Å². The number of Topliss-reactive ketones (excluding diaryl/α,β-unsaturated/α-hetero) is 1. The molecule has 5 rings (SSSR count). The van der Waals surface area contributed by atoms with Crippen LogP contribution in [0.4, 0.5) is 0 Å². The van der Waals surface area contributed by atoms with E-state index in [4.69, 9.17) is 14.5 Å². The van der Waals surface area contributed by atoms with Gasteiger partial charge in [-0.25, -0.2) is 4.98 Å². The van der Waals surface area contributed by atoms with Crippen molar-refractivity contribution in [2.75, 3.05) is 14.2 Å². The Bertz CT molecular complexity index is 1240. The monoisotopic (exact) mass is 384 g/mol. The number of ketones is 1. The summed E-state index contributed by atoms with van der Waals surface area (Å²) < 4.78 is 12.9. The van der Waals surface area contributed by atoms with Crippen molar-refractivity contribution in [2.45, 2.75) is 13.0 Å². The van der Waals surface area contributed by atoms with E-state index in [-0.39, 0.29) is 5.78 Å². The molecule has 5 heteroatoms. The number of carbonyl (C=O) groups is 1. The third kappa shape index (κ3) is 2.78. The molecule has 0 saturated carbocycles. The molecule has 0 amide bonds. The van der Waals surface area contributed by atoms with Crippen molar-refractivity contribution in [3.63, 3.8) is 0 Å². The van der Waals surface area contributed by atoms with Crippen LogP contribution in [0.5, 0.6) is 11.5 Å². The number of ether oxygens (including phenoxy) is 2. The second kappa shape index (κ2) is 6.78. The van der Waals surface area contributed by atoms with Gasteiger partial charge in [0.25, 0.3) is 0 Å². The third-order valence-corrected chi connectivity index (χ3v) is 5.49. The molecule has 0 fully saturated rings. The minimum atomic E-state index is 0.193. The molecule has 0 aliphatic carbocycles. The van der Waals surface area contributed by atoms with E-state index in [1.54, 1.807) is 14.2 Å². The lowest BCUT2D eigenvalue weighted by atomic mass is 10.0. The molecule has 5 nitrogen and oxygen atoms in total. The fraction of sp³-hybridized carbons (Fsp3) is 0.167. The molecule has 4 aromatic rings. The topological polar surface area (TPSA) is 53.4 Å². The first-order chi connectivity index (χ1) is 14.2. The quantitative estimate of drug-likeness (QED) is 0.498. The van der Waals surface area contributed by atoms with Gasteiger partial charge in [0.1, 0.15) is 5.82 Å². The number of rotatable bonds is 4. The van der Waals surface area contributed by atoms with Gasteiger partial charge in [-0.3, -0.25) is 4.79 Å². The predicted octanol–water partition coefficient (Wildman–Crippen LogP) is 4.97. The standard InChI is InChI=1S/C24H20N2O3/c1-28-21-11-10-17(14-22(21)29-2)15-6-8-16(9-7-15)24-25-19-5-3-4-18-20(27)12-13-26(24)23(18)19/h3-11,14H,12-13H2,1-2H3. The zero-order valence-corrected chi connectivity index (χ0v) is 16.3. The highest BCUT2D eigenvalue weighted by molar-refractivity contribution is 6.08. The summed E-state index contributed by atoms with van der Waals surface area (Å²) in [6.45, 7) is 0.666. The molecule has 0 saturated heterocycles. The minimum Gasteiger partial charge on any atom is -0.493 e. The Hall–Kier alpha value is -3.60. The molecular formula is C24H20N2O3. The second-order valence-corrected chi connectivity index (χ2v) is 7.08. The van der Waals surface area contributed by atoms with Gasteiger partial charge in [0.2, 0.25) is 0 Å². The molecule has 1 aromatic heterocycles. The zero-order valence-electron chi connectivity index (χ0n) is 16.3. The minimum absolute atomic E-state index is 0.193. The molecule has 1 aliphatic rings. The average molecular weight is 384 g/mol. The maximum absolute atomic E-state index is 12.3. The van der Waals surface area contributed by atoms with Gasteiger partial charge >= 0.3 is 0 Å². The SMILES string of the molecule is COc1ccc(-c2ccc(-c3nc4cccc5c4n3CCC5=O)cc2)cc1OC.